The predicted octanol–water partition coefficient (Wildman–Crippen LogP) is 17.2. The summed E-state index contributed by atoms with van der Waals surface area (Å²) in [6.45, 7) is 0. The van der Waals surface area contributed by atoms with E-state index in [-0.39, 0.29) is 0 Å². The van der Waals surface area contributed by atoms with Crippen molar-refractivity contribution in [2.45, 2.75) is 0 Å². The van der Waals surface area contributed by atoms with E-state index in [0.29, 0.717) is 0 Å². The number of hydrogen-bond acceptors (Lipinski definition) is 1. The van der Waals surface area contributed by atoms with Crippen LogP contribution in [0, 0.1) is 0 Å². The molecule has 0 aliphatic heterocycles. The summed E-state index contributed by atoms with van der Waals surface area (Å²) < 4.78 is 6.42. The van der Waals surface area contributed by atoms with Gasteiger partial charge in [0.1, 0.15) is 11.2 Å². The lowest BCUT2D eigenvalue weighted by Gasteiger charge is -2.18. The summed E-state index contributed by atoms with van der Waals surface area (Å²) in [4.78, 5) is 0. The topological polar surface area (TPSA) is 13.1 Å². The Hall–Kier alpha value is -8.00. The number of hydrogen-bond donors (Lipinski definition) is 0. The molecule has 13 aromatic rings. The van der Waals surface area contributed by atoms with E-state index in [4.69, 9.17) is 4.42 Å². The minimum absolute atomic E-state index is 0.906. The van der Waals surface area contributed by atoms with Gasteiger partial charge in [-0.1, -0.05) is 188 Å². The van der Waals surface area contributed by atoms with Crippen molar-refractivity contribution < 1.29 is 4.42 Å². The molecule has 0 unspecified atom stereocenters. The van der Waals surface area contributed by atoms with Gasteiger partial charge in [-0.25, -0.2) is 0 Å². The first-order valence-corrected chi connectivity index (χ1v) is 21.1. The maximum atomic E-state index is 6.42. The van der Waals surface area contributed by atoms with Gasteiger partial charge >= 0.3 is 0 Å². The van der Waals surface area contributed by atoms with Gasteiger partial charge in [0, 0.05) is 10.8 Å². The zero-order chi connectivity index (χ0) is 40.0. The standard InChI is InChI=1S/C60H36O/c1-2-14-40-36-58-56(33-39(40)13-1)55-35-42(30-32-57(55)61-58)60-52-23-11-9-21-50(52)59(51-22-10-12-24-53(51)60)38-27-25-37(26-28-38)43-15-3-4-16-44(43)41-29-31-49-47-19-6-5-17-45(47)46-18-7-8-20-48(46)54(49)34-41/h1-36H. The van der Waals surface area contributed by atoms with Crippen molar-refractivity contribution in [3.63, 3.8) is 0 Å². The Labute approximate surface area is 352 Å². The first kappa shape index (κ1) is 33.9. The maximum Gasteiger partial charge on any atom is 0.136 e. The largest absolute Gasteiger partial charge is 0.456 e. The van der Waals surface area contributed by atoms with E-state index in [1.54, 1.807) is 0 Å². The molecule has 0 aliphatic rings. The Bertz CT molecular complexity index is 3830. The molecule has 13 rings (SSSR count). The van der Waals surface area contributed by atoms with Crippen molar-refractivity contribution in [1.29, 1.82) is 0 Å². The number of benzene rings is 12. The maximum absolute atomic E-state index is 6.42. The van der Waals surface area contributed by atoms with Gasteiger partial charge in [0.2, 0.25) is 0 Å². The van der Waals surface area contributed by atoms with Crippen molar-refractivity contribution in [2.75, 3.05) is 0 Å². The normalized spacial score (nSPS) is 11.9. The molecule has 282 valence electrons. The third-order valence-electron chi connectivity index (χ3n) is 13.0. The van der Waals surface area contributed by atoms with Crippen LogP contribution in [-0.4, -0.2) is 0 Å². The van der Waals surface area contributed by atoms with Gasteiger partial charge in [0.25, 0.3) is 0 Å². The van der Waals surface area contributed by atoms with Crippen molar-refractivity contribution in [2.24, 2.45) is 0 Å². The van der Waals surface area contributed by atoms with Gasteiger partial charge in [-0.15, -0.1) is 0 Å². The van der Waals surface area contributed by atoms with Gasteiger partial charge < -0.3 is 4.42 Å². The average molecular weight is 773 g/mol. The molecule has 0 atom stereocenters. The van der Waals surface area contributed by atoms with Crippen LogP contribution in [0.15, 0.2) is 223 Å². The van der Waals surface area contributed by atoms with Crippen LogP contribution in [0.5, 0.6) is 0 Å². The Morgan fingerprint density at radius 2 is 0.607 bits per heavy atom. The molecule has 0 saturated heterocycles. The van der Waals surface area contributed by atoms with E-state index >= 15 is 0 Å². The molecule has 0 fully saturated rings. The molecule has 0 spiro atoms. The third-order valence-corrected chi connectivity index (χ3v) is 13.0. The Kier molecular flexibility index (Phi) is 7.37. The summed E-state index contributed by atoms with van der Waals surface area (Å²) in [7, 11) is 0. The SMILES string of the molecule is c1ccc(-c2ccc3c4ccccc4c4ccccc4c3c2)c(-c2ccc(-c3c4ccccc4c(-c4ccc5oc6cc7ccccc7cc6c5c4)c4ccccc34)cc2)c1. The van der Waals surface area contributed by atoms with E-state index in [2.05, 4.69) is 218 Å². The molecule has 1 heterocycles. The minimum Gasteiger partial charge on any atom is -0.456 e. The van der Waals surface area contributed by atoms with E-state index in [0.717, 1.165) is 21.9 Å². The van der Waals surface area contributed by atoms with Crippen LogP contribution >= 0.6 is 0 Å². The summed E-state index contributed by atoms with van der Waals surface area (Å²) in [5.74, 6) is 0. The molecule has 1 heteroatoms. The molecular formula is C60H36O. The summed E-state index contributed by atoms with van der Waals surface area (Å²) >= 11 is 0. The number of furan rings is 1. The molecule has 0 amide bonds. The van der Waals surface area contributed by atoms with Crippen molar-refractivity contribution >= 4 is 86.6 Å². The highest BCUT2D eigenvalue weighted by Crippen LogP contribution is 2.46. The van der Waals surface area contributed by atoms with Crippen LogP contribution in [-0.2, 0) is 0 Å². The lowest BCUT2D eigenvalue weighted by molar-refractivity contribution is 0.669. The Balaban J connectivity index is 0.946. The van der Waals surface area contributed by atoms with Crippen LogP contribution in [0.4, 0.5) is 0 Å². The third kappa shape index (κ3) is 5.21. The number of rotatable bonds is 4. The zero-order valence-electron chi connectivity index (χ0n) is 33.2. The first-order chi connectivity index (χ1) is 30.2. The number of fused-ring (bicyclic) bond motifs is 12. The van der Waals surface area contributed by atoms with Crippen molar-refractivity contribution in [3.05, 3.63) is 218 Å². The molecule has 0 radical (unpaired) electrons. The lowest BCUT2D eigenvalue weighted by Crippen LogP contribution is -1.91. The Morgan fingerprint density at radius 3 is 1.21 bits per heavy atom. The highest BCUT2D eigenvalue weighted by molar-refractivity contribution is 6.26. The van der Waals surface area contributed by atoms with Gasteiger partial charge in [-0.3, -0.25) is 0 Å². The highest BCUT2D eigenvalue weighted by Gasteiger charge is 2.19. The fourth-order valence-corrected chi connectivity index (χ4v) is 10.2. The van der Waals surface area contributed by atoms with Crippen LogP contribution in [0.3, 0.4) is 0 Å². The van der Waals surface area contributed by atoms with E-state index in [9.17, 15) is 0 Å². The quantitative estimate of drug-likeness (QED) is 0.128. The smallest absolute Gasteiger partial charge is 0.136 e. The molecule has 1 aromatic heterocycles. The summed E-state index contributed by atoms with van der Waals surface area (Å²) in [6.07, 6.45) is 0. The second-order valence-electron chi connectivity index (χ2n) is 16.3. The molecule has 1 nitrogen and oxygen atoms in total. The van der Waals surface area contributed by atoms with Gasteiger partial charge in [-0.05, 0) is 139 Å². The molecule has 0 bridgehead atoms. The molecule has 0 saturated carbocycles. The van der Waals surface area contributed by atoms with Gasteiger partial charge in [-0.2, -0.15) is 0 Å². The second kappa shape index (κ2) is 13.3. The summed E-state index contributed by atoms with van der Waals surface area (Å²) in [5, 5.41) is 17.4. The zero-order valence-corrected chi connectivity index (χ0v) is 33.2. The van der Waals surface area contributed by atoms with Crippen LogP contribution in [0.1, 0.15) is 0 Å². The average Bonchev–Trinajstić information content (AvgIpc) is 3.69. The van der Waals surface area contributed by atoms with Crippen LogP contribution in [0.2, 0.25) is 0 Å². The molecule has 61 heavy (non-hydrogen) atoms. The molecule has 0 N–H and O–H groups in total. The minimum atomic E-state index is 0.906. The van der Waals surface area contributed by atoms with Crippen LogP contribution in [0.25, 0.3) is 131 Å². The van der Waals surface area contributed by atoms with E-state index < -0.39 is 0 Å². The monoisotopic (exact) mass is 772 g/mol. The van der Waals surface area contributed by atoms with Crippen molar-refractivity contribution in [1.82, 2.24) is 0 Å². The second-order valence-corrected chi connectivity index (χ2v) is 16.3. The van der Waals surface area contributed by atoms with Gasteiger partial charge in [0.15, 0.2) is 0 Å². The molecule has 0 aliphatic carbocycles. The predicted molar refractivity (Wildman–Crippen MR) is 260 cm³/mol. The van der Waals surface area contributed by atoms with Crippen LogP contribution < -0.4 is 0 Å². The van der Waals surface area contributed by atoms with E-state index in [1.807, 2.05) is 0 Å². The highest BCUT2D eigenvalue weighted by atomic mass is 16.3. The fourth-order valence-electron chi connectivity index (χ4n) is 10.2. The van der Waals surface area contributed by atoms with Gasteiger partial charge in [0.05, 0.1) is 0 Å². The first-order valence-electron chi connectivity index (χ1n) is 21.1. The fraction of sp³-hybridized carbons (Fsp3) is 0. The summed E-state index contributed by atoms with van der Waals surface area (Å²) in [5.41, 5.74) is 11.6. The lowest BCUT2D eigenvalue weighted by atomic mass is 9.85. The van der Waals surface area contributed by atoms with Crippen molar-refractivity contribution in [3.8, 4) is 44.5 Å². The summed E-state index contributed by atoms with van der Waals surface area (Å²) in [6, 6.07) is 80.1. The molecular weight excluding hydrogens is 737 g/mol. The molecule has 12 aromatic carbocycles. The van der Waals surface area contributed by atoms with E-state index in [1.165, 1.54) is 109 Å². The Morgan fingerprint density at radius 1 is 0.213 bits per heavy atom.